The van der Waals surface area contributed by atoms with Crippen molar-refractivity contribution in [2.75, 3.05) is 5.75 Å². The maximum Gasteiger partial charge on any atom is 0.267 e. The van der Waals surface area contributed by atoms with E-state index in [4.69, 9.17) is 0 Å². The molecule has 3 N–H and O–H groups in total. The number of hydrogen-bond acceptors (Lipinski definition) is 4. The van der Waals surface area contributed by atoms with E-state index in [9.17, 15) is 22.9 Å². The third-order valence-corrected chi connectivity index (χ3v) is 7.97. The lowest BCUT2D eigenvalue weighted by Gasteiger charge is -2.21. The van der Waals surface area contributed by atoms with Crippen molar-refractivity contribution in [2.45, 2.75) is 161 Å². The molecule has 0 aromatic heterocycles. The molecule has 244 valence electrons. The van der Waals surface area contributed by atoms with Crippen molar-refractivity contribution in [2.24, 2.45) is 0 Å². The van der Waals surface area contributed by atoms with Crippen LogP contribution in [0, 0.1) is 0 Å². The summed E-state index contributed by atoms with van der Waals surface area (Å²) in [5.74, 6) is -1.03. The van der Waals surface area contributed by atoms with Crippen LogP contribution >= 0.6 is 0 Å². The van der Waals surface area contributed by atoms with Gasteiger partial charge in [0.05, 0.1) is 17.9 Å². The lowest BCUT2D eigenvalue weighted by atomic mass is 10.1. The van der Waals surface area contributed by atoms with Gasteiger partial charge in [-0.3, -0.25) is 9.35 Å². The predicted octanol–water partition coefficient (Wildman–Crippen LogP) is 9.18. The fraction of sp³-hybridized carbons (Fsp3) is 0.743. The summed E-state index contributed by atoms with van der Waals surface area (Å²) < 4.78 is 32.2. The molecular weight excluding hydrogens is 546 g/mol. The Morgan fingerprint density at radius 1 is 0.619 bits per heavy atom. The molecule has 2 atom stereocenters. The molecule has 0 spiro atoms. The summed E-state index contributed by atoms with van der Waals surface area (Å²) in [6, 6.07) is -1.08. The Morgan fingerprint density at radius 2 is 1.07 bits per heavy atom. The van der Waals surface area contributed by atoms with Gasteiger partial charge in [0.1, 0.15) is 0 Å². The monoisotopic (exact) mass is 609 g/mol. The van der Waals surface area contributed by atoms with Gasteiger partial charge in [-0.2, -0.15) is 8.42 Å². The quantitative estimate of drug-likeness (QED) is 0.0446. The summed E-state index contributed by atoms with van der Waals surface area (Å²) in [6.45, 7) is 4.41. The van der Waals surface area contributed by atoms with Crippen LogP contribution in [0.5, 0.6) is 0 Å². The molecule has 0 saturated carbocycles. The van der Waals surface area contributed by atoms with Crippen LogP contribution in [0.1, 0.15) is 149 Å². The SMILES string of the molecule is CCC/C=C/CC/C=C/CC/C=C/C(O)C(CS(=O)(=O)O)NC(=O)CCCCCCC/C=C\CCCCCCCCC. The van der Waals surface area contributed by atoms with E-state index in [0.29, 0.717) is 12.8 Å². The van der Waals surface area contributed by atoms with Gasteiger partial charge >= 0.3 is 0 Å². The molecular formula is C35H63NO5S. The van der Waals surface area contributed by atoms with Crippen molar-refractivity contribution in [1.29, 1.82) is 0 Å². The average Bonchev–Trinajstić information content (AvgIpc) is 2.94. The summed E-state index contributed by atoms with van der Waals surface area (Å²) >= 11 is 0. The Balaban J connectivity index is 4.09. The normalized spacial score (nSPS) is 14.1. The van der Waals surface area contributed by atoms with Crippen LogP contribution in [0.2, 0.25) is 0 Å². The second-order valence-corrected chi connectivity index (χ2v) is 12.9. The summed E-state index contributed by atoms with van der Waals surface area (Å²) in [5.41, 5.74) is 0. The van der Waals surface area contributed by atoms with Crippen molar-refractivity contribution in [3.05, 3.63) is 48.6 Å². The van der Waals surface area contributed by atoms with Crippen molar-refractivity contribution in [3.8, 4) is 0 Å². The van der Waals surface area contributed by atoms with Crippen molar-refractivity contribution >= 4 is 16.0 Å². The van der Waals surface area contributed by atoms with E-state index in [1.54, 1.807) is 6.08 Å². The number of amides is 1. The molecule has 0 aliphatic heterocycles. The Bertz CT molecular complexity index is 847. The van der Waals surface area contributed by atoms with E-state index in [0.717, 1.165) is 64.2 Å². The van der Waals surface area contributed by atoms with E-state index >= 15 is 0 Å². The van der Waals surface area contributed by atoms with Crippen LogP contribution in [0.4, 0.5) is 0 Å². The Labute approximate surface area is 259 Å². The highest BCUT2D eigenvalue weighted by Crippen LogP contribution is 2.11. The summed E-state index contributed by atoms with van der Waals surface area (Å²) in [5, 5.41) is 13.1. The minimum Gasteiger partial charge on any atom is -0.387 e. The van der Waals surface area contributed by atoms with Gasteiger partial charge in [-0.05, 0) is 64.2 Å². The number of aliphatic hydroxyl groups excluding tert-OH is 1. The number of rotatable bonds is 29. The Hall–Kier alpha value is -1.70. The highest BCUT2D eigenvalue weighted by Gasteiger charge is 2.24. The zero-order chi connectivity index (χ0) is 31.2. The first-order valence-electron chi connectivity index (χ1n) is 16.8. The van der Waals surface area contributed by atoms with E-state index < -0.39 is 28.0 Å². The van der Waals surface area contributed by atoms with Gasteiger partial charge in [0.15, 0.2) is 0 Å². The van der Waals surface area contributed by atoms with Crippen LogP contribution in [0.25, 0.3) is 0 Å². The minimum atomic E-state index is -4.35. The van der Waals surface area contributed by atoms with Crippen LogP contribution in [-0.4, -0.2) is 41.9 Å². The molecule has 0 aromatic rings. The molecule has 0 heterocycles. The second kappa shape index (κ2) is 29.4. The summed E-state index contributed by atoms with van der Waals surface area (Å²) in [6.07, 6.45) is 38.1. The van der Waals surface area contributed by atoms with E-state index in [1.807, 2.05) is 0 Å². The highest BCUT2D eigenvalue weighted by atomic mass is 32.2. The number of hydrogen-bond donors (Lipinski definition) is 3. The van der Waals surface area contributed by atoms with Gasteiger partial charge in [-0.1, -0.05) is 127 Å². The fourth-order valence-corrected chi connectivity index (χ4v) is 5.39. The first-order valence-corrected chi connectivity index (χ1v) is 18.4. The van der Waals surface area contributed by atoms with Gasteiger partial charge in [-0.15, -0.1) is 0 Å². The summed E-state index contributed by atoms with van der Waals surface area (Å²) in [7, 11) is -4.35. The molecule has 0 fully saturated rings. The lowest BCUT2D eigenvalue weighted by Crippen LogP contribution is -2.46. The molecule has 0 aromatic carbocycles. The third kappa shape index (κ3) is 29.8. The van der Waals surface area contributed by atoms with Crippen molar-refractivity contribution in [1.82, 2.24) is 5.32 Å². The number of allylic oxidation sites excluding steroid dienone is 7. The number of carbonyl (C=O) groups excluding carboxylic acids is 1. The molecule has 7 heteroatoms. The first-order chi connectivity index (χ1) is 20.3. The molecule has 0 rings (SSSR count). The van der Waals surface area contributed by atoms with Gasteiger partial charge in [-0.25, -0.2) is 0 Å². The van der Waals surface area contributed by atoms with Crippen LogP contribution in [-0.2, 0) is 14.9 Å². The predicted molar refractivity (Wildman–Crippen MR) is 179 cm³/mol. The van der Waals surface area contributed by atoms with Gasteiger partial charge in [0.25, 0.3) is 10.1 Å². The van der Waals surface area contributed by atoms with Gasteiger partial charge in [0, 0.05) is 6.42 Å². The first kappa shape index (κ1) is 40.3. The molecule has 0 aliphatic carbocycles. The highest BCUT2D eigenvalue weighted by molar-refractivity contribution is 7.85. The fourth-order valence-electron chi connectivity index (χ4n) is 4.66. The summed E-state index contributed by atoms with van der Waals surface area (Å²) in [4.78, 5) is 12.4. The molecule has 1 amide bonds. The Kier molecular flexibility index (Phi) is 28.2. The van der Waals surface area contributed by atoms with Crippen LogP contribution in [0.15, 0.2) is 48.6 Å². The standard InChI is InChI=1S/C35H63NO5S/c1-3-5-7-9-11-13-15-16-17-18-19-21-23-25-27-29-31-35(38)36-33(32-42(39,40)41)34(37)30-28-26-24-22-20-14-12-10-8-6-4-2/h8,10,17-18,20,22,28,30,33-34,37H,3-7,9,11-16,19,21,23-27,29,31-32H2,1-2H3,(H,36,38)(H,39,40,41)/b10-8+,18-17-,22-20+,30-28+. The van der Waals surface area contributed by atoms with E-state index in [1.165, 1.54) is 57.4 Å². The number of carbonyl (C=O) groups is 1. The van der Waals surface area contributed by atoms with E-state index in [-0.39, 0.29) is 12.3 Å². The molecule has 0 aliphatic rings. The van der Waals surface area contributed by atoms with Crippen LogP contribution < -0.4 is 5.32 Å². The van der Waals surface area contributed by atoms with E-state index in [2.05, 4.69) is 55.6 Å². The largest absolute Gasteiger partial charge is 0.387 e. The second-order valence-electron chi connectivity index (χ2n) is 11.4. The number of nitrogens with one attached hydrogen (secondary N) is 1. The maximum absolute atomic E-state index is 12.4. The Morgan fingerprint density at radius 3 is 1.60 bits per heavy atom. The zero-order valence-corrected chi connectivity index (χ0v) is 27.7. The number of aliphatic hydroxyl groups is 1. The van der Waals surface area contributed by atoms with Gasteiger partial charge in [0.2, 0.25) is 5.91 Å². The molecule has 6 nitrogen and oxygen atoms in total. The molecule has 2 unspecified atom stereocenters. The minimum absolute atomic E-state index is 0.273. The van der Waals surface area contributed by atoms with Crippen molar-refractivity contribution in [3.63, 3.8) is 0 Å². The topological polar surface area (TPSA) is 104 Å². The lowest BCUT2D eigenvalue weighted by molar-refractivity contribution is -0.122. The molecule has 0 bridgehead atoms. The molecule has 0 saturated heterocycles. The number of unbranched alkanes of at least 4 members (excludes halogenated alkanes) is 15. The van der Waals surface area contributed by atoms with Gasteiger partial charge < -0.3 is 10.4 Å². The zero-order valence-electron chi connectivity index (χ0n) is 26.9. The smallest absolute Gasteiger partial charge is 0.267 e. The average molecular weight is 610 g/mol. The van der Waals surface area contributed by atoms with Crippen molar-refractivity contribution < 1.29 is 22.9 Å². The maximum atomic E-state index is 12.4. The third-order valence-electron chi connectivity index (χ3n) is 7.19. The van der Waals surface area contributed by atoms with Crippen LogP contribution in [0.3, 0.4) is 0 Å². The molecule has 42 heavy (non-hydrogen) atoms. The molecule has 0 radical (unpaired) electrons.